The minimum Gasteiger partial charge on any atom is -0.469 e. The van der Waals surface area contributed by atoms with Crippen molar-refractivity contribution in [3.8, 4) is 0 Å². The van der Waals surface area contributed by atoms with Crippen LogP contribution in [-0.4, -0.2) is 0 Å². The fourth-order valence-corrected chi connectivity index (χ4v) is 2.01. The Bertz CT molecular complexity index is 461. The second-order valence-corrected chi connectivity index (χ2v) is 5.17. The van der Waals surface area contributed by atoms with Crippen LogP contribution >= 0.6 is 22.6 Å². The Labute approximate surface area is 109 Å². The Morgan fingerprint density at radius 2 is 2.00 bits per heavy atom. The Morgan fingerprint density at radius 1 is 1.31 bits per heavy atom. The van der Waals surface area contributed by atoms with E-state index in [4.69, 9.17) is 10.2 Å². The smallest absolute Gasteiger partial charge is 0.101 e. The number of hydrogen-bond acceptors (Lipinski definition) is 2. The van der Waals surface area contributed by atoms with Crippen molar-refractivity contribution < 1.29 is 4.42 Å². The van der Waals surface area contributed by atoms with Crippen LogP contribution in [0.5, 0.6) is 0 Å². The zero-order chi connectivity index (χ0) is 11.5. The fourth-order valence-electron chi connectivity index (χ4n) is 1.65. The highest BCUT2D eigenvalue weighted by Crippen LogP contribution is 2.19. The highest BCUT2D eigenvalue weighted by Gasteiger charge is 2.09. The van der Waals surface area contributed by atoms with E-state index in [1.807, 2.05) is 13.0 Å². The lowest BCUT2D eigenvalue weighted by molar-refractivity contribution is 0.528. The number of hydrogen-bond donors (Lipinski definition) is 1. The normalized spacial score (nSPS) is 12.7. The van der Waals surface area contributed by atoms with Crippen LogP contribution in [0.3, 0.4) is 0 Å². The lowest BCUT2D eigenvalue weighted by atomic mass is 10.0. The van der Waals surface area contributed by atoms with E-state index in [9.17, 15) is 0 Å². The quantitative estimate of drug-likeness (QED) is 0.877. The van der Waals surface area contributed by atoms with Crippen LogP contribution < -0.4 is 5.73 Å². The van der Waals surface area contributed by atoms with E-state index in [2.05, 4.69) is 46.9 Å². The molecule has 84 valence electrons. The largest absolute Gasteiger partial charge is 0.469 e. The number of nitrogens with two attached hydrogens (primary N) is 1. The monoisotopic (exact) mass is 327 g/mol. The third-order valence-electron chi connectivity index (χ3n) is 2.55. The molecule has 0 bridgehead atoms. The molecule has 0 fully saturated rings. The molecule has 0 amide bonds. The summed E-state index contributed by atoms with van der Waals surface area (Å²) in [6.45, 7) is 1.93. The lowest BCUT2D eigenvalue weighted by Gasteiger charge is -2.09. The lowest BCUT2D eigenvalue weighted by Crippen LogP contribution is -2.12. The van der Waals surface area contributed by atoms with Crippen molar-refractivity contribution >= 4 is 22.6 Å². The molecule has 2 rings (SSSR count). The van der Waals surface area contributed by atoms with Crippen LogP contribution in [0.2, 0.25) is 0 Å². The van der Waals surface area contributed by atoms with E-state index >= 15 is 0 Å². The highest BCUT2D eigenvalue weighted by atomic mass is 127. The summed E-state index contributed by atoms with van der Waals surface area (Å²) in [6, 6.07) is 10.4. The van der Waals surface area contributed by atoms with Gasteiger partial charge in [-0.3, -0.25) is 0 Å². The van der Waals surface area contributed by atoms with E-state index in [1.54, 1.807) is 6.26 Å². The summed E-state index contributed by atoms with van der Waals surface area (Å²) in [6.07, 6.45) is 2.59. The molecule has 1 aromatic heterocycles. The molecule has 0 spiro atoms. The molecule has 0 aliphatic rings. The van der Waals surface area contributed by atoms with Gasteiger partial charge in [-0.15, -0.1) is 0 Å². The van der Waals surface area contributed by atoms with Gasteiger partial charge >= 0.3 is 0 Å². The van der Waals surface area contributed by atoms with Crippen LogP contribution in [0, 0.1) is 10.5 Å². The Hall–Kier alpha value is -0.810. The fraction of sp³-hybridized carbons (Fsp3) is 0.231. The number of benzene rings is 1. The van der Waals surface area contributed by atoms with E-state index in [0.717, 1.165) is 17.7 Å². The maximum absolute atomic E-state index is 6.12. The molecule has 0 radical (unpaired) electrons. The minimum absolute atomic E-state index is 0.0116. The van der Waals surface area contributed by atoms with Gasteiger partial charge in [0, 0.05) is 15.2 Å². The highest BCUT2D eigenvalue weighted by molar-refractivity contribution is 14.1. The van der Waals surface area contributed by atoms with Gasteiger partial charge < -0.3 is 10.2 Å². The summed E-state index contributed by atoms with van der Waals surface area (Å²) in [5, 5.41) is 0. The van der Waals surface area contributed by atoms with E-state index < -0.39 is 0 Å². The first-order valence-electron chi connectivity index (χ1n) is 5.20. The number of furan rings is 1. The van der Waals surface area contributed by atoms with E-state index in [-0.39, 0.29) is 6.04 Å². The van der Waals surface area contributed by atoms with Crippen molar-refractivity contribution in [1.82, 2.24) is 0 Å². The van der Waals surface area contributed by atoms with Gasteiger partial charge in [-0.05, 0) is 59.7 Å². The summed E-state index contributed by atoms with van der Waals surface area (Å²) in [7, 11) is 0. The molecule has 1 aromatic carbocycles. The van der Waals surface area contributed by atoms with Gasteiger partial charge in [-0.1, -0.05) is 12.1 Å². The van der Waals surface area contributed by atoms with Crippen LogP contribution in [0.15, 0.2) is 41.0 Å². The Balaban J connectivity index is 2.07. The second-order valence-electron chi connectivity index (χ2n) is 3.93. The van der Waals surface area contributed by atoms with Gasteiger partial charge in [0.15, 0.2) is 0 Å². The number of halogens is 1. The molecular weight excluding hydrogens is 313 g/mol. The van der Waals surface area contributed by atoms with Gasteiger partial charge in [-0.2, -0.15) is 0 Å². The topological polar surface area (TPSA) is 39.2 Å². The standard InChI is InChI=1S/C13H14INO/c1-9-6-11(8-16-9)13(15)7-10-2-4-12(14)5-3-10/h2-6,8,13H,7,15H2,1H3. The van der Waals surface area contributed by atoms with E-state index in [1.165, 1.54) is 9.13 Å². The summed E-state index contributed by atoms with van der Waals surface area (Å²) in [5.41, 5.74) is 8.44. The molecule has 2 aromatic rings. The molecule has 2 nitrogen and oxygen atoms in total. The molecule has 0 saturated carbocycles. The molecule has 0 aliphatic heterocycles. The molecule has 1 atom stereocenters. The van der Waals surface area contributed by atoms with Crippen molar-refractivity contribution in [2.45, 2.75) is 19.4 Å². The predicted octanol–water partition coefficient (Wildman–Crippen LogP) is 3.44. The molecular formula is C13H14INO. The first kappa shape index (κ1) is 11.7. The number of rotatable bonds is 3. The molecule has 0 aliphatic carbocycles. The van der Waals surface area contributed by atoms with Crippen LogP contribution in [0.4, 0.5) is 0 Å². The summed E-state index contributed by atoms with van der Waals surface area (Å²) < 4.78 is 6.51. The zero-order valence-electron chi connectivity index (χ0n) is 9.11. The molecule has 1 heterocycles. The van der Waals surface area contributed by atoms with Crippen LogP contribution in [0.25, 0.3) is 0 Å². The third kappa shape index (κ3) is 2.86. The van der Waals surface area contributed by atoms with Crippen molar-refractivity contribution in [2.75, 3.05) is 0 Å². The van der Waals surface area contributed by atoms with Crippen molar-refractivity contribution in [1.29, 1.82) is 0 Å². The van der Waals surface area contributed by atoms with Crippen LogP contribution in [-0.2, 0) is 6.42 Å². The first-order valence-corrected chi connectivity index (χ1v) is 6.28. The Kier molecular flexibility index (Phi) is 3.66. The van der Waals surface area contributed by atoms with Crippen molar-refractivity contribution in [3.05, 3.63) is 57.1 Å². The summed E-state index contributed by atoms with van der Waals surface area (Å²) in [4.78, 5) is 0. The molecule has 0 saturated heterocycles. The average Bonchev–Trinajstić information content (AvgIpc) is 2.68. The molecule has 2 N–H and O–H groups in total. The van der Waals surface area contributed by atoms with Gasteiger partial charge in [0.05, 0.1) is 6.26 Å². The zero-order valence-corrected chi connectivity index (χ0v) is 11.3. The predicted molar refractivity (Wildman–Crippen MR) is 73.2 cm³/mol. The van der Waals surface area contributed by atoms with Crippen LogP contribution in [0.1, 0.15) is 22.9 Å². The van der Waals surface area contributed by atoms with Crippen molar-refractivity contribution in [2.24, 2.45) is 5.73 Å². The third-order valence-corrected chi connectivity index (χ3v) is 3.27. The summed E-state index contributed by atoms with van der Waals surface area (Å²) >= 11 is 2.30. The minimum atomic E-state index is 0.0116. The molecule has 16 heavy (non-hydrogen) atoms. The molecule has 3 heteroatoms. The first-order chi connectivity index (χ1) is 7.65. The average molecular weight is 327 g/mol. The molecule has 1 unspecified atom stereocenters. The van der Waals surface area contributed by atoms with Gasteiger partial charge in [-0.25, -0.2) is 0 Å². The van der Waals surface area contributed by atoms with Gasteiger partial charge in [0.25, 0.3) is 0 Å². The van der Waals surface area contributed by atoms with Gasteiger partial charge in [0.1, 0.15) is 5.76 Å². The van der Waals surface area contributed by atoms with Gasteiger partial charge in [0.2, 0.25) is 0 Å². The van der Waals surface area contributed by atoms with Crippen molar-refractivity contribution in [3.63, 3.8) is 0 Å². The number of aryl methyl sites for hydroxylation is 1. The SMILES string of the molecule is Cc1cc(C(N)Cc2ccc(I)cc2)co1. The second kappa shape index (κ2) is 5.01. The maximum atomic E-state index is 6.12. The summed E-state index contributed by atoms with van der Waals surface area (Å²) in [5.74, 6) is 0.910. The van der Waals surface area contributed by atoms with E-state index in [0.29, 0.717) is 0 Å². The Morgan fingerprint density at radius 3 is 2.56 bits per heavy atom. The maximum Gasteiger partial charge on any atom is 0.101 e.